The van der Waals surface area contributed by atoms with Crippen LogP contribution in [0.5, 0.6) is 0 Å². The topological polar surface area (TPSA) is 64.1 Å². The van der Waals surface area contributed by atoms with Crippen LogP contribution in [0.2, 0.25) is 0 Å². The second kappa shape index (κ2) is 8.18. The molecular weight excluding hydrogens is 330 g/mol. The lowest BCUT2D eigenvalue weighted by Crippen LogP contribution is -2.61. The molecule has 1 atom stereocenters. The number of carbonyl (C=O) groups is 2. The Morgan fingerprint density at radius 2 is 1.85 bits per heavy atom. The second-order valence-corrected chi connectivity index (χ2v) is 7.35. The minimum atomic E-state index is -1.37. The molecule has 6 nitrogen and oxygen atoms in total. The van der Waals surface area contributed by atoms with Crippen LogP contribution in [0, 0.1) is 0 Å². The molecule has 0 radical (unpaired) electrons. The molecule has 1 N–H and O–H groups in total. The molecule has 2 aliphatic rings. The van der Waals surface area contributed by atoms with Crippen molar-refractivity contribution in [2.24, 2.45) is 0 Å². The quantitative estimate of drug-likeness (QED) is 0.814. The van der Waals surface area contributed by atoms with Gasteiger partial charge in [0.1, 0.15) is 0 Å². The molecule has 142 valence electrons. The van der Waals surface area contributed by atoms with E-state index in [9.17, 15) is 14.7 Å². The van der Waals surface area contributed by atoms with Gasteiger partial charge in [0.2, 0.25) is 5.91 Å². The van der Waals surface area contributed by atoms with Gasteiger partial charge in [0.15, 0.2) is 5.60 Å². The maximum Gasteiger partial charge on any atom is 0.255 e. The number of piperidine rings is 1. The van der Waals surface area contributed by atoms with Gasteiger partial charge in [0.25, 0.3) is 5.91 Å². The summed E-state index contributed by atoms with van der Waals surface area (Å²) in [5.41, 5.74) is -0.181. The standard InChI is InChI=1S/C20H29N3O3/c1-2-22-14-13-21(15-18(22)24)16-20(26)10-6-11-23(19(20)25)12-9-17-7-4-3-5-8-17/h3-5,7-8,26H,2,6,9-16H2,1H3. The zero-order valence-electron chi connectivity index (χ0n) is 15.6. The molecule has 2 saturated heterocycles. The summed E-state index contributed by atoms with van der Waals surface area (Å²) in [4.78, 5) is 30.5. The van der Waals surface area contributed by atoms with E-state index in [1.165, 1.54) is 5.56 Å². The Morgan fingerprint density at radius 1 is 1.08 bits per heavy atom. The Balaban J connectivity index is 1.58. The monoisotopic (exact) mass is 359 g/mol. The Kier molecular flexibility index (Phi) is 5.94. The van der Waals surface area contributed by atoms with Gasteiger partial charge in [-0.05, 0) is 31.7 Å². The summed E-state index contributed by atoms with van der Waals surface area (Å²) in [7, 11) is 0. The summed E-state index contributed by atoms with van der Waals surface area (Å²) in [5, 5.41) is 11.0. The molecule has 1 aromatic rings. The molecule has 2 heterocycles. The SMILES string of the molecule is CCN1CCN(CC2(O)CCCN(CCc3ccccc3)C2=O)CC1=O. The molecule has 1 unspecified atom stereocenters. The summed E-state index contributed by atoms with van der Waals surface area (Å²) >= 11 is 0. The highest BCUT2D eigenvalue weighted by Crippen LogP contribution is 2.25. The largest absolute Gasteiger partial charge is 0.379 e. The number of benzene rings is 1. The molecular formula is C20H29N3O3. The highest BCUT2D eigenvalue weighted by Gasteiger charge is 2.44. The van der Waals surface area contributed by atoms with Crippen molar-refractivity contribution in [2.75, 3.05) is 45.8 Å². The van der Waals surface area contributed by atoms with Crippen molar-refractivity contribution in [1.29, 1.82) is 0 Å². The van der Waals surface area contributed by atoms with E-state index in [2.05, 4.69) is 12.1 Å². The molecule has 3 rings (SSSR count). The van der Waals surface area contributed by atoms with E-state index in [1.807, 2.05) is 34.9 Å². The number of piperazine rings is 1. The number of aliphatic hydroxyl groups is 1. The van der Waals surface area contributed by atoms with Crippen LogP contribution in [0.1, 0.15) is 25.3 Å². The Bertz CT molecular complexity index is 636. The maximum atomic E-state index is 12.9. The first kappa shape index (κ1) is 18.9. The summed E-state index contributed by atoms with van der Waals surface area (Å²) in [6.45, 7) is 5.89. The van der Waals surface area contributed by atoms with Crippen LogP contribution in [0.3, 0.4) is 0 Å². The van der Waals surface area contributed by atoms with Gasteiger partial charge in [-0.2, -0.15) is 0 Å². The number of β-amino-alcohol motifs (C(OH)–C–C–N with tert-alkyl or cyclic N) is 1. The zero-order chi connectivity index (χ0) is 18.6. The van der Waals surface area contributed by atoms with Crippen molar-refractivity contribution in [3.63, 3.8) is 0 Å². The number of nitrogens with zero attached hydrogens (tertiary/aromatic N) is 3. The lowest BCUT2D eigenvalue weighted by atomic mass is 9.90. The third-order valence-electron chi connectivity index (χ3n) is 5.48. The van der Waals surface area contributed by atoms with Crippen LogP contribution in [-0.4, -0.2) is 83.0 Å². The van der Waals surface area contributed by atoms with E-state index in [0.717, 1.165) is 12.8 Å². The van der Waals surface area contributed by atoms with Crippen LogP contribution in [0.15, 0.2) is 30.3 Å². The van der Waals surface area contributed by atoms with Crippen LogP contribution in [-0.2, 0) is 16.0 Å². The number of hydrogen-bond donors (Lipinski definition) is 1. The maximum absolute atomic E-state index is 12.9. The predicted molar refractivity (Wildman–Crippen MR) is 99.6 cm³/mol. The Hall–Kier alpha value is -1.92. The average molecular weight is 359 g/mol. The number of hydrogen-bond acceptors (Lipinski definition) is 4. The first-order valence-corrected chi connectivity index (χ1v) is 9.57. The third kappa shape index (κ3) is 4.24. The number of amides is 2. The van der Waals surface area contributed by atoms with Gasteiger partial charge in [-0.1, -0.05) is 30.3 Å². The summed E-state index contributed by atoms with van der Waals surface area (Å²) < 4.78 is 0. The highest BCUT2D eigenvalue weighted by molar-refractivity contribution is 5.86. The minimum absolute atomic E-state index is 0.0755. The summed E-state index contributed by atoms with van der Waals surface area (Å²) in [6, 6.07) is 10.1. The number of rotatable bonds is 6. The predicted octanol–water partition coefficient (Wildman–Crippen LogP) is 0.747. The van der Waals surface area contributed by atoms with Crippen molar-refractivity contribution < 1.29 is 14.7 Å². The molecule has 0 spiro atoms. The first-order valence-electron chi connectivity index (χ1n) is 9.57. The molecule has 26 heavy (non-hydrogen) atoms. The van der Waals surface area contributed by atoms with Gasteiger partial charge < -0.3 is 14.9 Å². The van der Waals surface area contributed by atoms with Crippen LogP contribution in [0.25, 0.3) is 0 Å². The normalized spacial score (nSPS) is 25.0. The van der Waals surface area contributed by atoms with Gasteiger partial charge in [-0.25, -0.2) is 0 Å². The van der Waals surface area contributed by atoms with Gasteiger partial charge >= 0.3 is 0 Å². The smallest absolute Gasteiger partial charge is 0.255 e. The molecule has 0 aliphatic carbocycles. The van der Waals surface area contributed by atoms with Gasteiger partial charge in [0.05, 0.1) is 6.54 Å². The van der Waals surface area contributed by atoms with Crippen molar-refractivity contribution in [3.8, 4) is 0 Å². The number of carbonyl (C=O) groups excluding carboxylic acids is 2. The molecule has 2 fully saturated rings. The third-order valence-corrected chi connectivity index (χ3v) is 5.48. The fourth-order valence-electron chi connectivity index (χ4n) is 3.93. The van der Waals surface area contributed by atoms with E-state index < -0.39 is 5.60 Å². The second-order valence-electron chi connectivity index (χ2n) is 7.35. The lowest BCUT2D eigenvalue weighted by Gasteiger charge is -2.42. The highest BCUT2D eigenvalue weighted by atomic mass is 16.3. The van der Waals surface area contributed by atoms with Crippen molar-refractivity contribution in [1.82, 2.24) is 14.7 Å². The van der Waals surface area contributed by atoms with Crippen molar-refractivity contribution in [2.45, 2.75) is 31.8 Å². The Labute approximate surface area is 155 Å². The van der Waals surface area contributed by atoms with E-state index in [4.69, 9.17) is 0 Å². The minimum Gasteiger partial charge on any atom is -0.379 e. The molecule has 0 saturated carbocycles. The van der Waals surface area contributed by atoms with E-state index >= 15 is 0 Å². The molecule has 2 amide bonds. The summed E-state index contributed by atoms with van der Waals surface area (Å²) in [5.74, 6) is -0.114. The van der Waals surface area contributed by atoms with Crippen LogP contribution >= 0.6 is 0 Å². The summed E-state index contributed by atoms with van der Waals surface area (Å²) in [6.07, 6.45) is 2.05. The molecule has 1 aromatic carbocycles. The van der Waals surface area contributed by atoms with E-state index in [0.29, 0.717) is 39.1 Å². The Morgan fingerprint density at radius 3 is 2.54 bits per heavy atom. The zero-order valence-corrected chi connectivity index (χ0v) is 15.6. The van der Waals surface area contributed by atoms with E-state index in [1.54, 1.807) is 4.90 Å². The van der Waals surface area contributed by atoms with Crippen molar-refractivity contribution in [3.05, 3.63) is 35.9 Å². The van der Waals surface area contributed by atoms with Gasteiger partial charge in [-0.15, -0.1) is 0 Å². The first-order chi connectivity index (χ1) is 12.5. The molecule has 6 heteroatoms. The fourth-order valence-corrected chi connectivity index (χ4v) is 3.93. The molecule has 2 aliphatic heterocycles. The average Bonchev–Trinajstić information content (AvgIpc) is 2.64. The van der Waals surface area contributed by atoms with Crippen molar-refractivity contribution >= 4 is 11.8 Å². The number of likely N-dealkylation sites (tertiary alicyclic amines) is 1. The van der Waals surface area contributed by atoms with E-state index in [-0.39, 0.29) is 24.9 Å². The molecule has 0 bridgehead atoms. The fraction of sp³-hybridized carbons (Fsp3) is 0.600. The van der Waals surface area contributed by atoms with Crippen LogP contribution < -0.4 is 0 Å². The van der Waals surface area contributed by atoms with Gasteiger partial charge in [0, 0.05) is 39.3 Å². The molecule has 0 aromatic heterocycles. The van der Waals surface area contributed by atoms with Gasteiger partial charge in [-0.3, -0.25) is 14.5 Å². The number of likely N-dealkylation sites (N-methyl/N-ethyl adjacent to an activating group) is 1. The van der Waals surface area contributed by atoms with Crippen LogP contribution in [0.4, 0.5) is 0 Å². The lowest BCUT2D eigenvalue weighted by molar-refractivity contribution is -0.161.